The Hall–Kier alpha value is -3.55. The fraction of sp³-hybridized carbons (Fsp3) is 0.444. The maximum atomic E-state index is 13.9. The van der Waals surface area contributed by atoms with Crippen LogP contribution in [0, 0.1) is 24.6 Å². The number of nitrogens with one attached hydrogen (secondary N) is 1. The number of rotatable bonds is 11. The van der Waals surface area contributed by atoms with Crippen molar-refractivity contribution >= 4 is 11.8 Å². The number of benzene rings is 3. The summed E-state index contributed by atoms with van der Waals surface area (Å²) in [6.45, 7) is 5.14. The summed E-state index contributed by atoms with van der Waals surface area (Å²) in [5.41, 5.74) is 9.86. The monoisotopic (exact) mass is 584 g/mol. The molecule has 4 atom stereocenters. The second-order valence-electron chi connectivity index (χ2n) is 12.4. The quantitative estimate of drug-likeness (QED) is 0.319. The van der Waals surface area contributed by atoms with Crippen molar-refractivity contribution in [2.75, 3.05) is 26.2 Å². The van der Waals surface area contributed by atoms with Gasteiger partial charge in [0.1, 0.15) is 11.9 Å². The lowest BCUT2D eigenvalue weighted by Crippen LogP contribution is -2.47. The topological polar surface area (TPSA) is 78.7 Å². The molecule has 43 heavy (non-hydrogen) atoms. The molecule has 3 aromatic rings. The minimum Gasteiger partial charge on any atom is -0.354 e. The fourth-order valence-electron chi connectivity index (χ4n) is 6.71. The minimum atomic E-state index is -0.555. The molecule has 3 N–H and O–H groups in total. The third kappa shape index (κ3) is 8.30. The van der Waals surface area contributed by atoms with Gasteiger partial charge in [0, 0.05) is 37.8 Å². The molecule has 0 spiro atoms. The van der Waals surface area contributed by atoms with Crippen molar-refractivity contribution in [3.8, 4) is 0 Å². The van der Waals surface area contributed by atoms with Crippen LogP contribution in [0.3, 0.4) is 0 Å². The molecule has 1 heterocycles. The first-order valence-corrected chi connectivity index (χ1v) is 15.8. The standard InChI is InChI=1S/C36H45FN4O2/c1-26-10-14-31(15-11-26)36(43)41-25-33(21-34(41)35(42)39-23-30-9-5-8-29(20-30)22-38)40(19-18-27-6-3-2-4-7-27)24-28-12-16-32(37)17-13-28/h2-4,6-7,10-17,29-30,33-34H,5,8-9,18-25,38H2,1H3,(H,39,42). The third-order valence-corrected chi connectivity index (χ3v) is 9.28. The molecule has 5 rings (SSSR count). The zero-order valence-corrected chi connectivity index (χ0v) is 25.3. The van der Waals surface area contributed by atoms with Crippen molar-refractivity contribution in [2.45, 2.75) is 64.1 Å². The van der Waals surface area contributed by atoms with Crippen LogP contribution in [0.15, 0.2) is 78.9 Å². The Bertz CT molecular complexity index is 1330. The summed E-state index contributed by atoms with van der Waals surface area (Å²) in [7, 11) is 0. The van der Waals surface area contributed by atoms with Crippen LogP contribution in [0.1, 0.15) is 59.2 Å². The lowest BCUT2D eigenvalue weighted by Gasteiger charge is -2.29. The van der Waals surface area contributed by atoms with Crippen LogP contribution in [0.5, 0.6) is 0 Å². The normalized spacial score (nSPS) is 22.1. The van der Waals surface area contributed by atoms with E-state index in [2.05, 4.69) is 22.3 Å². The molecule has 7 heteroatoms. The maximum Gasteiger partial charge on any atom is 0.254 e. The van der Waals surface area contributed by atoms with Gasteiger partial charge in [-0.3, -0.25) is 14.5 Å². The van der Waals surface area contributed by atoms with Gasteiger partial charge in [-0.1, -0.05) is 66.6 Å². The largest absolute Gasteiger partial charge is 0.354 e. The molecule has 228 valence electrons. The molecule has 1 aliphatic heterocycles. The minimum absolute atomic E-state index is 0.0183. The molecule has 4 unspecified atom stereocenters. The number of carbonyl (C=O) groups excluding carboxylic acids is 2. The van der Waals surface area contributed by atoms with Crippen molar-refractivity contribution in [3.63, 3.8) is 0 Å². The number of nitrogens with zero attached hydrogens (tertiary/aromatic N) is 2. The van der Waals surface area contributed by atoms with Gasteiger partial charge in [-0.05, 0) is 92.8 Å². The van der Waals surface area contributed by atoms with Crippen molar-refractivity contribution in [3.05, 3.63) is 107 Å². The van der Waals surface area contributed by atoms with Crippen LogP contribution in [0.4, 0.5) is 4.39 Å². The summed E-state index contributed by atoms with van der Waals surface area (Å²) >= 11 is 0. The molecule has 2 fully saturated rings. The average Bonchev–Trinajstić information content (AvgIpc) is 3.49. The van der Waals surface area contributed by atoms with Gasteiger partial charge >= 0.3 is 0 Å². The molecule has 3 aromatic carbocycles. The molecule has 1 saturated heterocycles. The number of nitrogens with two attached hydrogens (primary N) is 1. The van der Waals surface area contributed by atoms with Crippen LogP contribution in [0.2, 0.25) is 0 Å². The van der Waals surface area contributed by atoms with Gasteiger partial charge in [-0.25, -0.2) is 4.39 Å². The summed E-state index contributed by atoms with van der Waals surface area (Å²) in [4.78, 5) is 31.8. The van der Waals surface area contributed by atoms with Crippen LogP contribution in [-0.4, -0.2) is 59.9 Å². The number of carbonyl (C=O) groups is 2. The highest BCUT2D eigenvalue weighted by Gasteiger charge is 2.42. The van der Waals surface area contributed by atoms with E-state index >= 15 is 0 Å². The smallest absolute Gasteiger partial charge is 0.254 e. The summed E-state index contributed by atoms with van der Waals surface area (Å²) in [5.74, 6) is 0.486. The number of likely N-dealkylation sites (tertiary alicyclic amines) is 1. The first kappa shape index (κ1) is 30.9. The molecule has 0 bridgehead atoms. The fourth-order valence-corrected chi connectivity index (χ4v) is 6.71. The van der Waals surface area contributed by atoms with Gasteiger partial charge in [0.15, 0.2) is 0 Å². The Morgan fingerprint density at radius 1 is 0.930 bits per heavy atom. The summed E-state index contributed by atoms with van der Waals surface area (Å²) in [6, 6.07) is 23.9. The maximum absolute atomic E-state index is 13.9. The van der Waals surface area contributed by atoms with Crippen molar-refractivity contribution in [1.29, 1.82) is 0 Å². The Morgan fingerprint density at radius 2 is 1.65 bits per heavy atom. The molecular formula is C36H45FN4O2. The highest BCUT2D eigenvalue weighted by Crippen LogP contribution is 2.29. The number of hydrogen-bond acceptors (Lipinski definition) is 4. The zero-order valence-electron chi connectivity index (χ0n) is 25.3. The van der Waals surface area contributed by atoms with E-state index in [0.29, 0.717) is 50.0 Å². The van der Waals surface area contributed by atoms with Gasteiger partial charge in [0.25, 0.3) is 5.91 Å². The van der Waals surface area contributed by atoms with Crippen LogP contribution < -0.4 is 11.1 Å². The number of halogens is 1. The lowest BCUT2D eigenvalue weighted by molar-refractivity contribution is -0.125. The van der Waals surface area contributed by atoms with Gasteiger partial charge in [0.2, 0.25) is 5.91 Å². The number of hydrogen-bond donors (Lipinski definition) is 2. The third-order valence-electron chi connectivity index (χ3n) is 9.28. The van der Waals surface area contributed by atoms with Crippen molar-refractivity contribution < 1.29 is 14.0 Å². The molecule has 1 aliphatic carbocycles. The molecular weight excluding hydrogens is 539 g/mol. The second kappa shape index (κ2) is 14.8. The second-order valence-corrected chi connectivity index (χ2v) is 12.4. The Morgan fingerprint density at radius 3 is 2.37 bits per heavy atom. The molecule has 2 aliphatic rings. The van der Waals surface area contributed by atoms with E-state index in [-0.39, 0.29) is 23.7 Å². The van der Waals surface area contributed by atoms with E-state index in [1.54, 1.807) is 4.90 Å². The zero-order chi connectivity index (χ0) is 30.2. The van der Waals surface area contributed by atoms with Crippen molar-refractivity contribution in [1.82, 2.24) is 15.1 Å². The highest BCUT2D eigenvalue weighted by atomic mass is 19.1. The molecule has 6 nitrogen and oxygen atoms in total. The van der Waals surface area contributed by atoms with E-state index in [1.165, 1.54) is 17.7 Å². The highest BCUT2D eigenvalue weighted by molar-refractivity contribution is 5.98. The van der Waals surface area contributed by atoms with Gasteiger partial charge in [-0.2, -0.15) is 0 Å². The van der Waals surface area contributed by atoms with E-state index in [1.807, 2.05) is 61.5 Å². The number of aryl methyl sites for hydroxylation is 1. The predicted molar refractivity (Wildman–Crippen MR) is 169 cm³/mol. The molecule has 2 amide bonds. The van der Waals surface area contributed by atoms with Crippen LogP contribution in [-0.2, 0) is 17.8 Å². The predicted octanol–water partition coefficient (Wildman–Crippen LogP) is 5.34. The Labute approximate surface area is 255 Å². The van der Waals surface area contributed by atoms with E-state index < -0.39 is 6.04 Å². The number of amides is 2. The van der Waals surface area contributed by atoms with Crippen LogP contribution >= 0.6 is 0 Å². The Balaban J connectivity index is 1.35. The summed E-state index contributed by atoms with van der Waals surface area (Å²) in [5, 5.41) is 3.22. The molecule has 0 radical (unpaired) electrons. The molecule has 1 saturated carbocycles. The van der Waals surface area contributed by atoms with E-state index in [0.717, 1.165) is 49.8 Å². The van der Waals surface area contributed by atoms with Crippen molar-refractivity contribution in [2.24, 2.45) is 17.6 Å². The first-order chi connectivity index (χ1) is 20.9. The summed E-state index contributed by atoms with van der Waals surface area (Å²) < 4.78 is 13.7. The van der Waals surface area contributed by atoms with E-state index in [4.69, 9.17) is 5.73 Å². The van der Waals surface area contributed by atoms with E-state index in [9.17, 15) is 14.0 Å². The van der Waals surface area contributed by atoms with Gasteiger partial charge in [0.05, 0.1) is 0 Å². The Kier molecular flexibility index (Phi) is 10.6. The van der Waals surface area contributed by atoms with Gasteiger partial charge in [-0.15, -0.1) is 0 Å². The first-order valence-electron chi connectivity index (χ1n) is 15.8. The average molecular weight is 585 g/mol. The SMILES string of the molecule is Cc1ccc(C(=O)N2CC(N(CCc3ccccc3)Cc3ccc(F)cc3)CC2C(=O)NCC2CCCC(CN)C2)cc1. The summed E-state index contributed by atoms with van der Waals surface area (Å²) in [6.07, 6.45) is 5.84. The molecule has 0 aromatic heterocycles. The van der Waals surface area contributed by atoms with Crippen LogP contribution in [0.25, 0.3) is 0 Å². The lowest BCUT2D eigenvalue weighted by atomic mass is 9.81. The van der Waals surface area contributed by atoms with Gasteiger partial charge < -0.3 is 16.0 Å².